The van der Waals surface area contributed by atoms with Gasteiger partial charge in [0.1, 0.15) is 11.5 Å². The number of hydrogen-bond acceptors (Lipinski definition) is 5. The highest BCUT2D eigenvalue weighted by Gasteiger charge is 2.21. The molecule has 7 nitrogen and oxygen atoms in total. The molecule has 2 aromatic rings. The summed E-state index contributed by atoms with van der Waals surface area (Å²) in [6, 6.07) is 12.6. The minimum Gasteiger partial charge on any atom is -0.497 e. The van der Waals surface area contributed by atoms with E-state index in [1.54, 1.807) is 49.5 Å². The van der Waals surface area contributed by atoms with E-state index in [1.807, 2.05) is 29.2 Å². The quantitative estimate of drug-likeness (QED) is 0.665. The Morgan fingerprint density at radius 1 is 1.03 bits per heavy atom. The van der Waals surface area contributed by atoms with Crippen LogP contribution >= 0.6 is 11.6 Å². The summed E-state index contributed by atoms with van der Waals surface area (Å²) < 4.78 is 10.5. The maximum Gasteiger partial charge on any atom is 0.246 e. The van der Waals surface area contributed by atoms with Crippen molar-refractivity contribution in [3.8, 4) is 11.5 Å². The van der Waals surface area contributed by atoms with Crippen LogP contribution in [-0.2, 0) is 9.59 Å². The second kappa shape index (κ2) is 10.8. The van der Waals surface area contributed by atoms with Gasteiger partial charge < -0.3 is 19.7 Å². The van der Waals surface area contributed by atoms with Crippen molar-refractivity contribution in [2.24, 2.45) is 0 Å². The Balaban J connectivity index is 1.49. The molecule has 164 valence electrons. The Labute approximate surface area is 187 Å². The average molecular weight is 444 g/mol. The molecule has 3 rings (SSSR count). The number of para-hydroxylation sites is 1. The van der Waals surface area contributed by atoms with Crippen LogP contribution in [-0.4, -0.2) is 68.6 Å². The summed E-state index contributed by atoms with van der Waals surface area (Å²) in [6.45, 7) is 2.63. The second-order valence-corrected chi connectivity index (χ2v) is 7.52. The fourth-order valence-corrected chi connectivity index (χ4v) is 3.46. The molecule has 0 saturated carbocycles. The molecule has 1 aliphatic rings. The molecule has 0 radical (unpaired) electrons. The number of nitrogens with zero attached hydrogens (tertiary/aromatic N) is 2. The number of hydrogen-bond donors (Lipinski definition) is 1. The Morgan fingerprint density at radius 3 is 2.29 bits per heavy atom. The van der Waals surface area contributed by atoms with Crippen LogP contribution in [0.1, 0.15) is 5.56 Å². The lowest BCUT2D eigenvalue weighted by Crippen LogP contribution is -2.50. The molecule has 1 saturated heterocycles. The molecular formula is C23H26ClN3O4. The van der Waals surface area contributed by atoms with E-state index in [9.17, 15) is 9.59 Å². The van der Waals surface area contributed by atoms with Crippen molar-refractivity contribution in [3.05, 3.63) is 59.1 Å². The van der Waals surface area contributed by atoms with Crippen LogP contribution in [0.15, 0.2) is 48.5 Å². The Hall–Kier alpha value is -3.03. The third kappa shape index (κ3) is 6.47. The fraction of sp³-hybridized carbons (Fsp3) is 0.304. The molecule has 2 amide bonds. The number of amides is 2. The number of rotatable bonds is 7. The van der Waals surface area contributed by atoms with Gasteiger partial charge in [-0.1, -0.05) is 23.7 Å². The molecule has 0 atom stereocenters. The van der Waals surface area contributed by atoms with Crippen molar-refractivity contribution >= 4 is 35.2 Å². The van der Waals surface area contributed by atoms with Gasteiger partial charge in [-0.15, -0.1) is 0 Å². The molecule has 2 aromatic carbocycles. The molecule has 31 heavy (non-hydrogen) atoms. The van der Waals surface area contributed by atoms with E-state index in [1.165, 1.54) is 0 Å². The fourth-order valence-electron chi connectivity index (χ4n) is 3.28. The molecule has 1 heterocycles. The van der Waals surface area contributed by atoms with Crippen LogP contribution in [0.2, 0.25) is 5.02 Å². The summed E-state index contributed by atoms with van der Waals surface area (Å²) in [5, 5.41) is 3.33. The maximum absolute atomic E-state index is 12.6. The molecule has 0 aliphatic carbocycles. The number of carbonyl (C=O) groups excluding carboxylic acids is 2. The van der Waals surface area contributed by atoms with E-state index >= 15 is 0 Å². The van der Waals surface area contributed by atoms with Gasteiger partial charge in [-0.05, 0) is 35.9 Å². The summed E-state index contributed by atoms with van der Waals surface area (Å²) in [7, 11) is 3.17. The highest BCUT2D eigenvalue weighted by Crippen LogP contribution is 2.23. The Bertz CT molecular complexity index is 933. The van der Waals surface area contributed by atoms with Crippen LogP contribution in [0.25, 0.3) is 6.08 Å². The minimum atomic E-state index is -0.125. The second-order valence-electron chi connectivity index (χ2n) is 7.11. The normalized spacial score (nSPS) is 14.5. The number of benzene rings is 2. The number of nitrogens with one attached hydrogen (secondary N) is 1. The zero-order valence-corrected chi connectivity index (χ0v) is 18.4. The minimum absolute atomic E-state index is 0.0676. The van der Waals surface area contributed by atoms with Crippen LogP contribution in [0.4, 0.5) is 5.69 Å². The van der Waals surface area contributed by atoms with E-state index in [0.717, 1.165) is 5.56 Å². The van der Waals surface area contributed by atoms with Crippen LogP contribution < -0.4 is 14.8 Å². The van der Waals surface area contributed by atoms with Gasteiger partial charge in [0.25, 0.3) is 0 Å². The van der Waals surface area contributed by atoms with E-state index in [4.69, 9.17) is 21.1 Å². The van der Waals surface area contributed by atoms with Crippen LogP contribution in [0.5, 0.6) is 11.5 Å². The van der Waals surface area contributed by atoms with Gasteiger partial charge in [0.05, 0.1) is 31.5 Å². The third-order valence-corrected chi connectivity index (χ3v) is 5.32. The van der Waals surface area contributed by atoms with Gasteiger partial charge in [-0.2, -0.15) is 0 Å². The zero-order valence-electron chi connectivity index (χ0n) is 17.6. The largest absolute Gasteiger partial charge is 0.497 e. The SMILES string of the molecule is COc1cc(/C=C/C(=O)N2CCN(CC(=O)Nc3ccccc3Cl)CC2)cc(OC)c1. The van der Waals surface area contributed by atoms with Gasteiger partial charge in [0, 0.05) is 38.3 Å². The predicted molar refractivity (Wildman–Crippen MR) is 122 cm³/mol. The van der Waals surface area contributed by atoms with E-state index < -0.39 is 0 Å². The van der Waals surface area contributed by atoms with Gasteiger partial charge in [0.15, 0.2) is 0 Å². The standard InChI is InChI=1S/C23H26ClN3O4/c1-30-18-13-17(14-19(15-18)31-2)7-8-23(29)27-11-9-26(10-12-27)16-22(28)25-21-6-4-3-5-20(21)24/h3-8,13-15H,9-12,16H2,1-2H3,(H,25,28)/b8-7+. The molecule has 0 aromatic heterocycles. The summed E-state index contributed by atoms with van der Waals surface area (Å²) in [6.07, 6.45) is 3.30. The molecule has 0 unspecified atom stereocenters. The monoisotopic (exact) mass is 443 g/mol. The molecule has 0 spiro atoms. The van der Waals surface area contributed by atoms with Gasteiger partial charge in [-0.25, -0.2) is 0 Å². The summed E-state index contributed by atoms with van der Waals surface area (Å²) >= 11 is 6.08. The van der Waals surface area contributed by atoms with E-state index in [-0.39, 0.29) is 18.4 Å². The lowest BCUT2D eigenvalue weighted by atomic mass is 10.2. The van der Waals surface area contributed by atoms with E-state index in [0.29, 0.717) is 48.4 Å². The first-order valence-corrected chi connectivity index (χ1v) is 10.3. The number of halogens is 1. The van der Waals surface area contributed by atoms with Crippen molar-refractivity contribution in [2.45, 2.75) is 0 Å². The number of methoxy groups -OCH3 is 2. The van der Waals surface area contributed by atoms with Crippen molar-refractivity contribution < 1.29 is 19.1 Å². The number of anilines is 1. The number of carbonyl (C=O) groups is 2. The summed E-state index contributed by atoms with van der Waals surface area (Å²) in [5.41, 5.74) is 1.42. The van der Waals surface area contributed by atoms with E-state index in [2.05, 4.69) is 5.32 Å². The number of ether oxygens (including phenoxy) is 2. The number of piperazine rings is 1. The molecule has 1 N–H and O–H groups in total. The molecule has 1 fully saturated rings. The van der Waals surface area contributed by atoms with Gasteiger partial charge >= 0.3 is 0 Å². The zero-order chi connectivity index (χ0) is 22.2. The first kappa shape index (κ1) is 22.7. The Kier molecular flexibility index (Phi) is 7.92. The molecule has 0 bridgehead atoms. The summed E-state index contributed by atoms with van der Waals surface area (Å²) in [4.78, 5) is 28.6. The topological polar surface area (TPSA) is 71.1 Å². The van der Waals surface area contributed by atoms with Crippen molar-refractivity contribution in [2.75, 3.05) is 52.3 Å². The highest BCUT2D eigenvalue weighted by molar-refractivity contribution is 6.33. The van der Waals surface area contributed by atoms with Crippen LogP contribution in [0, 0.1) is 0 Å². The average Bonchev–Trinajstić information content (AvgIpc) is 2.79. The van der Waals surface area contributed by atoms with Gasteiger partial charge in [0.2, 0.25) is 11.8 Å². The predicted octanol–water partition coefficient (Wildman–Crippen LogP) is 3.15. The first-order chi connectivity index (χ1) is 15.0. The van der Waals surface area contributed by atoms with Crippen LogP contribution in [0.3, 0.4) is 0 Å². The molecular weight excluding hydrogens is 418 g/mol. The van der Waals surface area contributed by atoms with Gasteiger partial charge in [-0.3, -0.25) is 14.5 Å². The van der Waals surface area contributed by atoms with Crippen molar-refractivity contribution in [3.63, 3.8) is 0 Å². The highest BCUT2D eigenvalue weighted by atomic mass is 35.5. The van der Waals surface area contributed by atoms with Crippen molar-refractivity contribution in [1.82, 2.24) is 9.80 Å². The third-order valence-electron chi connectivity index (χ3n) is 4.99. The Morgan fingerprint density at radius 2 is 1.68 bits per heavy atom. The molecule has 1 aliphatic heterocycles. The smallest absolute Gasteiger partial charge is 0.246 e. The lowest BCUT2D eigenvalue weighted by molar-refractivity contribution is -0.127. The summed E-state index contributed by atoms with van der Waals surface area (Å²) in [5.74, 6) is 1.13. The van der Waals surface area contributed by atoms with Crippen molar-refractivity contribution in [1.29, 1.82) is 0 Å². The molecule has 8 heteroatoms. The maximum atomic E-state index is 12.6. The lowest BCUT2D eigenvalue weighted by Gasteiger charge is -2.33. The first-order valence-electron chi connectivity index (χ1n) is 9.95.